The van der Waals surface area contributed by atoms with Crippen molar-refractivity contribution < 1.29 is 0 Å². The first-order chi connectivity index (χ1) is 12.6. The first-order valence-corrected chi connectivity index (χ1v) is 8.71. The average Bonchev–Trinajstić information content (AvgIpc) is 3.08. The van der Waals surface area contributed by atoms with Gasteiger partial charge in [0.1, 0.15) is 0 Å². The van der Waals surface area contributed by atoms with Crippen molar-refractivity contribution in [3.05, 3.63) is 65.3 Å². The molecular formula is C20H21N5O. The lowest BCUT2D eigenvalue weighted by atomic mass is 10.1. The Morgan fingerprint density at radius 3 is 2.65 bits per heavy atom. The Morgan fingerprint density at radius 1 is 1.08 bits per heavy atom. The lowest BCUT2D eigenvalue weighted by molar-refractivity contribution is 0.385. The van der Waals surface area contributed by atoms with E-state index in [1.165, 1.54) is 0 Å². The van der Waals surface area contributed by atoms with Crippen molar-refractivity contribution in [3.8, 4) is 11.1 Å². The molecule has 0 atom stereocenters. The summed E-state index contributed by atoms with van der Waals surface area (Å²) < 4.78 is 3.50. The van der Waals surface area contributed by atoms with E-state index in [0.29, 0.717) is 11.9 Å². The van der Waals surface area contributed by atoms with Crippen molar-refractivity contribution in [1.82, 2.24) is 24.1 Å². The molecule has 6 nitrogen and oxygen atoms in total. The van der Waals surface area contributed by atoms with Gasteiger partial charge in [-0.25, -0.2) is 9.50 Å². The van der Waals surface area contributed by atoms with Crippen LogP contribution in [0.3, 0.4) is 0 Å². The van der Waals surface area contributed by atoms with Gasteiger partial charge in [-0.2, -0.15) is 5.10 Å². The second-order valence-corrected chi connectivity index (χ2v) is 6.69. The highest BCUT2D eigenvalue weighted by atomic mass is 16.1. The van der Waals surface area contributed by atoms with E-state index in [0.717, 1.165) is 35.3 Å². The average molecular weight is 347 g/mol. The Balaban J connectivity index is 1.78. The van der Waals surface area contributed by atoms with Gasteiger partial charge < -0.3 is 9.47 Å². The Labute approximate surface area is 151 Å². The zero-order valence-electron chi connectivity index (χ0n) is 15.0. The smallest absolute Gasteiger partial charge is 0.261 e. The summed E-state index contributed by atoms with van der Waals surface area (Å²) in [5, 5.41) is 5.07. The third-order valence-electron chi connectivity index (χ3n) is 4.56. The number of rotatable bonds is 5. The van der Waals surface area contributed by atoms with E-state index in [2.05, 4.69) is 15.0 Å². The minimum atomic E-state index is -0.0209. The van der Waals surface area contributed by atoms with Gasteiger partial charge in [-0.1, -0.05) is 30.3 Å². The van der Waals surface area contributed by atoms with Gasteiger partial charge in [-0.05, 0) is 38.7 Å². The van der Waals surface area contributed by atoms with E-state index in [-0.39, 0.29) is 5.56 Å². The third-order valence-corrected chi connectivity index (χ3v) is 4.56. The van der Waals surface area contributed by atoms with Crippen LogP contribution in [-0.4, -0.2) is 44.7 Å². The summed E-state index contributed by atoms with van der Waals surface area (Å²) in [7, 11) is 4.07. The van der Waals surface area contributed by atoms with E-state index < -0.39 is 0 Å². The minimum Gasteiger partial charge on any atom is -0.315 e. The van der Waals surface area contributed by atoms with E-state index in [9.17, 15) is 4.79 Å². The van der Waals surface area contributed by atoms with Crippen molar-refractivity contribution in [2.24, 2.45) is 0 Å². The van der Waals surface area contributed by atoms with Crippen LogP contribution in [0.1, 0.15) is 6.42 Å². The second kappa shape index (κ2) is 6.72. The van der Waals surface area contributed by atoms with Crippen LogP contribution in [0.4, 0.5) is 0 Å². The topological polar surface area (TPSA) is 55.4 Å². The van der Waals surface area contributed by atoms with Crippen molar-refractivity contribution in [3.63, 3.8) is 0 Å². The first-order valence-electron chi connectivity index (χ1n) is 8.71. The van der Waals surface area contributed by atoms with Crippen molar-refractivity contribution >= 4 is 16.6 Å². The molecule has 0 aliphatic carbocycles. The number of fused-ring (bicyclic) bond motifs is 3. The molecule has 0 bridgehead atoms. The molecule has 0 unspecified atom stereocenters. The third kappa shape index (κ3) is 2.88. The highest BCUT2D eigenvalue weighted by molar-refractivity contribution is 5.84. The molecule has 132 valence electrons. The highest BCUT2D eigenvalue weighted by Gasteiger charge is 2.12. The molecule has 26 heavy (non-hydrogen) atoms. The van der Waals surface area contributed by atoms with Gasteiger partial charge in [-0.3, -0.25) is 4.79 Å². The van der Waals surface area contributed by atoms with E-state index in [1.807, 2.05) is 56.7 Å². The van der Waals surface area contributed by atoms with Crippen LogP contribution < -0.4 is 5.56 Å². The number of hydrogen-bond acceptors (Lipinski definition) is 4. The summed E-state index contributed by atoms with van der Waals surface area (Å²) in [5.41, 5.74) is 3.54. The summed E-state index contributed by atoms with van der Waals surface area (Å²) in [6, 6.07) is 12.0. The molecule has 0 N–H and O–H groups in total. The summed E-state index contributed by atoms with van der Waals surface area (Å²) >= 11 is 0. The molecule has 0 saturated heterocycles. The van der Waals surface area contributed by atoms with Crippen LogP contribution in [0.5, 0.6) is 0 Å². The predicted octanol–water partition coefficient (Wildman–Crippen LogP) is 2.66. The molecule has 0 saturated carbocycles. The molecule has 0 spiro atoms. The van der Waals surface area contributed by atoms with Gasteiger partial charge in [0.2, 0.25) is 0 Å². The molecule has 6 heteroatoms. The molecule has 0 radical (unpaired) electrons. The number of hydrogen-bond donors (Lipinski definition) is 0. The summed E-state index contributed by atoms with van der Waals surface area (Å²) in [6.45, 7) is 1.64. The van der Waals surface area contributed by atoms with Crippen LogP contribution in [0, 0.1) is 0 Å². The standard InChI is InChI=1S/C20H21N5O/c1-23(2)10-6-11-24-12-9-18-17(20(24)26)13-21-19-16(14-22-25(18)19)15-7-4-3-5-8-15/h3-5,7-9,12-14H,6,10-11H2,1-2H3. The number of aryl methyl sites for hydroxylation is 1. The van der Waals surface area contributed by atoms with E-state index >= 15 is 0 Å². The highest BCUT2D eigenvalue weighted by Crippen LogP contribution is 2.24. The molecule has 3 aromatic heterocycles. The second-order valence-electron chi connectivity index (χ2n) is 6.69. The van der Waals surface area contributed by atoms with E-state index in [1.54, 1.807) is 21.5 Å². The maximum Gasteiger partial charge on any atom is 0.261 e. The Morgan fingerprint density at radius 2 is 1.88 bits per heavy atom. The van der Waals surface area contributed by atoms with Crippen LogP contribution in [0.25, 0.3) is 27.7 Å². The normalized spacial score (nSPS) is 11.7. The van der Waals surface area contributed by atoms with Crippen molar-refractivity contribution in [1.29, 1.82) is 0 Å². The van der Waals surface area contributed by atoms with Gasteiger partial charge in [0.25, 0.3) is 5.56 Å². The molecule has 0 amide bonds. The largest absolute Gasteiger partial charge is 0.315 e. The fourth-order valence-electron chi connectivity index (χ4n) is 3.21. The van der Waals surface area contributed by atoms with Crippen LogP contribution >= 0.6 is 0 Å². The molecule has 0 aliphatic rings. The van der Waals surface area contributed by atoms with Crippen LogP contribution in [0.2, 0.25) is 0 Å². The Kier molecular flexibility index (Phi) is 4.26. The van der Waals surface area contributed by atoms with Crippen LogP contribution in [0.15, 0.2) is 59.8 Å². The van der Waals surface area contributed by atoms with Gasteiger partial charge in [0, 0.05) is 24.5 Å². The van der Waals surface area contributed by atoms with Gasteiger partial charge in [0.05, 0.1) is 17.1 Å². The lowest BCUT2D eigenvalue weighted by Gasteiger charge is -2.11. The minimum absolute atomic E-state index is 0.0209. The zero-order chi connectivity index (χ0) is 18.1. The van der Waals surface area contributed by atoms with E-state index in [4.69, 9.17) is 0 Å². The maximum atomic E-state index is 12.8. The van der Waals surface area contributed by atoms with Gasteiger partial charge in [-0.15, -0.1) is 0 Å². The SMILES string of the molecule is CN(C)CCCn1ccc2c(cnc3c(-c4ccccc4)cnn32)c1=O. The summed E-state index contributed by atoms with van der Waals surface area (Å²) in [4.78, 5) is 19.4. The maximum absolute atomic E-state index is 12.8. The Hall–Kier alpha value is -2.99. The summed E-state index contributed by atoms with van der Waals surface area (Å²) in [5.74, 6) is 0. The quantitative estimate of drug-likeness (QED) is 0.557. The summed E-state index contributed by atoms with van der Waals surface area (Å²) in [6.07, 6.45) is 6.25. The van der Waals surface area contributed by atoms with Crippen molar-refractivity contribution in [2.75, 3.05) is 20.6 Å². The zero-order valence-corrected chi connectivity index (χ0v) is 15.0. The molecule has 1 aromatic carbocycles. The monoisotopic (exact) mass is 347 g/mol. The number of pyridine rings is 1. The molecule has 0 fully saturated rings. The lowest BCUT2D eigenvalue weighted by Crippen LogP contribution is -2.23. The van der Waals surface area contributed by atoms with Gasteiger partial charge in [0.15, 0.2) is 5.65 Å². The van der Waals surface area contributed by atoms with Gasteiger partial charge >= 0.3 is 0 Å². The number of aromatic nitrogens is 4. The molecule has 4 aromatic rings. The predicted molar refractivity (Wildman–Crippen MR) is 103 cm³/mol. The number of nitrogens with zero attached hydrogens (tertiary/aromatic N) is 5. The number of benzene rings is 1. The Bertz CT molecular complexity index is 1110. The molecule has 0 aliphatic heterocycles. The molecule has 4 rings (SSSR count). The fraction of sp³-hybridized carbons (Fsp3) is 0.250. The molecular weight excluding hydrogens is 326 g/mol. The first kappa shape index (κ1) is 16.5. The molecule has 3 heterocycles. The van der Waals surface area contributed by atoms with Crippen molar-refractivity contribution in [2.45, 2.75) is 13.0 Å². The fourth-order valence-corrected chi connectivity index (χ4v) is 3.21. The van der Waals surface area contributed by atoms with Crippen LogP contribution in [-0.2, 0) is 6.54 Å².